The van der Waals surface area contributed by atoms with Gasteiger partial charge >= 0.3 is 0 Å². The average Bonchev–Trinajstić information content (AvgIpc) is 2.53. The molecule has 2 nitrogen and oxygen atoms in total. The SMILES string of the molecule is CCOC1CNCc2ccsc21.Cl. The minimum atomic E-state index is 0. The van der Waals surface area contributed by atoms with Crippen LogP contribution in [0.3, 0.4) is 0 Å². The maximum Gasteiger partial charge on any atom is 0.104 e. The van der Waals surface area contributed by atoms with Crippen molar-refractivity contribution in [3.05, 3.63) is 21.9 Å². The summed E-state index contributed by atoms with van der Waals surface area (Å²) in [5.41, 5.74) is 1.41. The summed E-state index contributed by atoms with van der Waals surface area (Å²) in [6.45, 7) is 4.80. The molecule has 1 aliphatic heterocycles. The van der Waals surface area contributed by atoms with Gasteiger partial charge in [0.1, 0.15) is 6.10 Å². The Bertz CT molecular complexity index is 264. The van der Waals surface area contributed by atoms with E-state index in [0.717, 1.165) is 19.7 Å². The normalized spacial score (nSPS) is 20.5. The second kappa shape index (κ2) is 4.96. The number of rotatable bonds is 2. The first kappa shape index (κ1) is 11.0. The van der Waals surface area contributed by atoms with Crippen molar-refractivity contribution in [1.29, 1.82) is 0 Å². The Labute approximate surface area is 88.7 Å². The summed E-state index contributed by atoms with van der Waals surface area (Å²) >= 11 is 1.81. The fourth-order valence-corrected chi connectivity index (χ4v) is 2.52. The Hall–Kier alpha value is -0.0900. The minimum Gasteiger partial charge on any atom is -0.372 e. The Morgan fingerprint density at radius 3 is 3.31 bits per heavy atom. The van der Waals surface area contributed by atoms with Crippen molar-refractivity contribution in [3.8, 4) is 0 Å². The number of hydrogen-bond acceptors (Lipinski definition) is 3. The van der Waals surface area contributed by atoms with Crippen molar-refractivity contribution in [2.75, 3.05) is 13.2 Å². The molecule has 0 saturated carbocycles. The summed E-state index contributed by atoms with van der Waals surface area (Å²) in [6, 6.07) is 2.18. The lowest BCUT2D eigenvalue weighted by atomic mass is 10.1. The number of thiophene rings is 1. The van der Waals surface area contributed by atoms with Crippen LogP contribution < -0.4 is 5.32 Å². The van der Waals surface area contributed by atoms with Gasteiger partial charge in [-0.25, -0.2) is 0 Å². The Morgan fingerprint density at radius 2 is 2.54 bits per heavy atom. The lowest BCUT2D eigenvalue weighted by Crippen LogP contribution is -2.28. The topological polar surface area (TPSA) is 21.3 Å². The number of fused-ring (bicyclic) bond motifs is 1. The van der Waals surface area contributed by atoms with Gasteiger partial charge < -0.3 is 10.1 Å². The quantitative estimate of drug-likeness (QED) is 0.825. The van der Waals surface area contributed by atoms with Crippen LogP contribution in [0.1, 0.15) is 23.5 Å². The number of nitrogens with one attached hydrogen (secondary N) is 1. The number of halogens is 1. The molecule has 0 aromatic carbocycles. The zero-order valence-corrected chi connectivity index (χ0v) is 9.21. The summed E-state index contributed by atoms with van der Waals surface area (Å²) in [5.74, 6) is 0. The van der Waals surface area contributed by atoms with Crippen LogP contribution in [0, 0.1) is 0 Å². The van der Waals surface area contributed by atoms with E-state index in [1.807, 2.05) is 18.3 Å². The zero-order chi connectivity index (χ0) is 8.39. The molecule has 1 atom stereocenters. The third-order valence-corrected chi connectivity index (χ3v) is 3.14. The van der Waals surface area contributed by atoms with Gasteiger partial charge in [0, 0.05) is 24.6 Å². The lowest BCUT2D eigenvalue weighted by molar-refractivity contribution is 0.0596. The van der Waals surface area contributed by atoms with Gasteiger partial charge in [0.25, 0.3) is 0 Å². The summed E-state index contributed by atoms with van der Waals surface area (Å²) in [6.07, 6.45) is 0.291. The second-order valence-electron chi connectivity index (χ2n) is 2.88. The van der Waals surface area contributed by atoms with Crippen molar-refractivity contribution in [2.24, 2.45) is 0 Å². The molecule has 1 aromatic heterocycles. The van der Waals surface area contributed by atoms with Gasteiger partial charge in [-0.1, -0.05) is 0 Å². The van der Waals surface area contributed by atoms with Gasteiger partial charge in [-0.3, -0.25) is 0 Å². The van der Waals surface area contributed by atoms with Crippen molar-refractivity contribution in [1.82, 2.24) is 5.32 Å². The van der Waals surface area contributed by atoms with Crippen LogP contribution in [0.25, 0.3) is 0 Å². The van der Waals surface area contributed by atoms with Gasteiger partial charge in [-0.15, -0.1) is 23.7 Å². The first-order chi connectivity index (χ1) is 5.92. The number of hydrogen-bond donors (Lipinski definition) is 1. The number of ether oxygens (including phenoxy) is 1. The van der Waals surface area contributed by atoms with Crippen molar-refractivity contribution in [3.63, 3.8) is 0 Å². The summed E-state index contributed by atoms with van der Waals surface area (Å²) < 4.78 is 5.62. The van der Waals surface area contributed by atoms with Gasteiger partial charge in [0.2, 0.25) is 0 Å². The molecule has 2 heterocycles. The van der Waals surface area contributed by atoms with E-state index in [-0.39, 0.29) is 12.4 Å². The molecule has 0 fully saturated rings. The molecule has 0 saturated heterocycles. The molecular formula is C9H14ClNOS. The van der Waals surface area contributed by atoms with Gasteiger partial charge in [0.05, 0.1) is 0 Å². The summed E-state index contributed by atoms with van der Waals surface area (Å²) in [7, 11) is 0. The molecule has 0 amide bonds. The second-order valence-corrected chi connectivity index (χ2v) is 3.83. The van der Waals surface area contributed by atoms with Crippen molar-refractivity contribution >= 4 is 23.7 Å². The van der Waals surface area contributed by atoms with E-state index in [9.17, 15) is 0 Å². The van der Waals surface area contributed by atoms with E-state index in [2.05, 4.69) is 16.8 Å². The van der Waals surface area contributed by atoms with Crippen LogP contribution in [-0.4, -0.2) is 13.2 Å². The minimum absolute atomic E-state index is 0. The van der Waals surface area contributed by atoms with Crippen LogP contribution in [0.5, 0.6) is 0 Å². The highest BCUT2D eigenvalue weighted by atomic mass is 35.5. The van der Waals surface area contributed by atoms with Gasteiger partial charge in [-0.05, 0) is 23.9 Å². The highest BCUT2D eigenvalue weighted by Gasteiger charge is 2.20. The smallest absolute Gasteiger partial charge is 0.104 e. The molecule has 0 bridgehead atoms. The van der Waals surface area contributed by atoms with Crippen LogP contribution in [0.15, 0.2) is 11.4 Å². The molecule has 13 heavy (non-hydrogen) atoms. The Kier molecular flexibility index (Phi) is 4.19. The van der Waals surface area contributed by atoms with Crippen LogP contribution in [0.4, 0.5) is 0 Å². The molecule has 1 unspecified atom stereocenters. The Balaban J connectivity index is 0.000000845. The standard InChI is InChI=1S/C9H13NOS.ClH/c1-2-11-8-6-10-5-7-3-4-12-9(7)8;/h3-4,8,10H,2,5-6H2,1H3;1H. The molecule has 0 spiro atoms. The first-order valence-electron chi connectivity index (χ1n) is 4.30. The molecule has 0 aliphatic carbocycles. The summed E-state index contributed by atoms with van der Waals surface area (Å²) in [5, 5.41) is 5.49. The largest absolute Gasteiger partial charge is 0.372 e. The molecular weight excluding hydrogens is 206 g/mol. The van der Waals surface area contributed by atoms with Crippen molar-refractivity contribution in [2.45, 2.75) is 19.6 Å². The van der Waals surface area contributed by atoms with E-state index in [1.165, 1.54) is 10.4 Å². The predicted molar refractivity (Wildman–Crippen MR) is 57.6 cm³/mol. The molecule has 1 aromatic rings. The van der Waals surface area contributed by atoms with E-state index in [4.69, 9.17) is 4.74 Å². The maximum absolute atomic E-state index is 5.62. The molecule has 74 valence electrons. The maximum atomic E-state index is 5.62. The van der Waals surface area contributed by atoms with E-state index in [1.54, 1.807) is 0 Å². The third-order valence-electron chi connectivity index (χ3n) is 2.09. The predicted octanol–water partition coefficient (Wildman–Crippen LogP) is 2.35. The fourth-order valence-electron chi connectivity index (χ4n) is 1.54. The highest BCUT2D eigenvalue weighted by Crippen LogP contribution is 2.29. The lowest BCUT2D eigenvalue weighted by Gasteiger charge is -2.22. The van der Waals surface area contributed by atoms with Crippen molar-refractivity contribution < 1.29 is 4.74 Å². The molecule has 4 heteroatoms. The van der Waals surface area contributed by atoms with E-state index >= 15 is 0 Å². The average molecular weight is 220 g/mol. The van der Waals surface area contributed by atoms with Gasteiger partial charge in [-0.2, -0.15) is 0 Å². The third kappa shape index (κ3) is 2.23. The molecule has 2 rings (SSSR count). The molecule has 1 N–H and O–H groups in total. The van der Waals surface area contributed by atoms with Crippen LogP contribution >= 0.6 is 23.7 Å². The zero-order valence-electron chi connectivity index (χ0n) is 7.58. The first-order valence-corrected chi connectivity index (χ1v) is 5.18. The van der Waals surface area contributed by atoms with E-state index < -0.39 is 0 Å². The summed E-state index contributed by atoms with van der Waals surface area (Å²) in [4.78, 5) is 1.41. The van der Waals surface area contributed by atoms with Gasteiger partial charge in [0.15, 0.2) is 0 Å². The van der Waals surface area contributed by atoms with E-state index in [0.29, 0.717) is 6.10 Å². The Morgan fingerprint density at radius 1 is 1.69 bits per heavy atom. The van der Waals surface area contributed by atoms with Crippen LogP contribution in [-0.2, 0) is 11.3 Å². The molecule has 0 radical (unpaired) electrons. The monoisotopic (exact) mass is 219 g/mol. The fraction of sp³-hybridized carbons (Fsp3) is 0.556. The molecule has 1 aliphatic rings. The van der Waals surface area contributed by atoms with Crippen LogP contribution in [0.2, 0.25) is 0 Å². The highest BCUT2D eigenvalue weighted by molar-refractivity contribution is 7.10.